The number of anilines is 1. The van der Waals surface area contributed by atoms with Gasteiger partial charge in [-0.3, -0.25) is 13.9 Å². The lowest BCUT2D eigenvalue weighted by atomic mass is 10.1. The summed E-state index contributed by atoms with van der Waals surface area (Å²) in [6.45, 7) is 4.96. The average Bonchev–Trinajstić information content (AvgIpc) is 2.86. The van der Waals surface area contributed by atoms with E-state index in [1.54, 1.807) is 50.2 Å². The van der Waals surface area contributed by atoms with Crippen molar-refractivity contribution < 1.29 is 18.0 Å². The molecule has 7 nitrogen and oxygen atoms in total. The van der Waals surface area contributed by atoms with Crippen LogP contribution in [0.1, 0.15) is 23.6 Å². The molecule has 3 aromatic carbocycles. The van der Waals surface area contributed by atoms with Gasteiger partial charge < -0.3 is 10.2 Å². The third kappa shape index (κ3) is 6.25. The molecule has 1 atom stereocenters. The second kappa shape index (κ2) is 11.6. The first-order valence-corrected chi connectivity index (χ1v) is 13.3. The summed E-state index contributed by atoms with van der Waals surface area (Å²) in [5.74, 6) is -0.865. The molecular formula is C27H30ClN3O4S. The van der Waals surface area contributed by atoms with Crippen LogP contribution in [-0.2, 0) is 26.2 Å². The fourth-order valence-corrected chi connectivity index (χ4v) is 5.54. The van der Waals surface area contributed by atoms with Crippen molar-refractivity contribution in [2.24, 2.45) is 0 Å². The Kier molecular flexibility index (Phi) is 8.76. The zero-order valence-electron chi connectivity index (χ0n) is 20.7. The van der Waals surface area contributed by atoms with Gasteiger partial charge in [0.2, 0.25) is 11.8 Å². The number of aryl methyl sites for hydroxylation is 2. The van der Waals surface area contributed by atoms with E-state index in [9.17, 15) is 18.0 Å². The molecule has 2 amide bonds. The van der Waals surface area contributed by atoms with Crippen LogP contribution in [0, 0.1) is 13.8 Å². The van der Waals surface area contributed by atoms with E-state index in [0.29, 0.717) is 16.3 Å². The minimum atomic E-state index is -4.11. The summed E-state index contributed by atoms with van der Waals surface area (Å²) in [5, 5.41) is 3.02. The van der Waals surface area contributed by atoms with Gasteiger partial charge >= 0.3 is 0 Å². The Bertz CT molecular complexity index is 1330. The molecular weight excluding hydrogens is 498 g/mol. The van der Waals surface area contributed by atoms with E-state index < -0.39 is 28.5 Å². The third-order valence-corrected chi connectivity index (χ3v) is 7.93. The number of halogens is 1. The number of benzene rings is 3. The Labute approximate surface area is 217 Å². The molecule has 3 aromatic rings. The standard InChI is InChI=1S/C27H30ClN3O4S/c1-19-10-12-22(13-11-19)17-30(21(3)27(33)29-4)26(32)18-31(25-15-14-23(28)16-20(25)2)36(34,35)24-8-6-5-7-9-24/h5-16,21H,17-18H2,1-4H3,(H,29,33)/t21-/m0/s1. The molecule has 1 N–H and O–H groups in total. The van der Waals surface area contributed by atoms with Crippen LogP contribution in [0.25, 0.3) is 0 Å². The van der Waals surface area contributed by atoms with E-state index in [-0.39, 0.29) is 17.3 Å². The number of nitrogens with zero attached hydrogens (tertiary/aromatic N) is 2. The molecule has 0 aliphatic rings. The first-order chi connectivity index (χ1) is 17.0. The highest BCUT2D eigenvalue weighted by Crippen LogP contribution is 2.29. The molecule has 190 valence electrons. The van der Waals surface area contributed by atoms with E-state index in [0.717, 1.165) is 15.4 Å². The fourth-order valence-electron chi connectivity index (χ4n) is 3.81. The van der Waals surface area contributed by atoms with Crippen LogP contribution in [0.3, 0.4) is 0 Å². The third-order valence-electron chi connectivity index (χ3n) is 5.92. The zero-order chi connectivity index (χ0) is 26.5. The fraction of sp³-hybridized carbons (Fsp3) is 0.259. The number of hydrogen-bond donors (Lipinski definition) is 1. The van der Waals surface area contributed by atoms with E-state index in [1.165, 1.54) is 24.1 Å². The highest BCUT2D eigenvalue weighted by molar-refractivity contribution is 7.92. The predicted octanol–water partition coefficient (Wildman–Crippen LogP) is 4.32. The van der Waals surface area contributed by atoms with Gasteiger partial charge in [0, 0.05) is 18.6 Å². The van der Waals surface area contributed by atoms with Crippen molar-refractivity contribution in [3.05, 3.63) is 94.5 Å². The van der Waals surface area contributed by atoms with Crippen molar-refractivity contribution in [2.45, 2.75) is 38.3 Å². The topological polar surface area (TPSA) is 86.8 Å². The van der Waals surface area contributed by atoms with Gasteiger partial charge in [0.05, 0.1) is 10.6 Å². The van der Waals surface area contributed by atoms with Gasteiger partial charge in [-0.05, 0) is 62.2 Å². The Morgan fingerprint density at radius 2 is 1.61 bits per heavy atom. The maximum Gasteiger partial charge on any atom is 0.264 e. The molecule has 0 saturated carbocycles. The Balaban J connectivity index is 2.05. The van der Waals surface area contributed by atoms with E-state index in [4.69, 9.17) is 11.6 Å². The number of hydrogen-bond acceptors (Lipinski definition) is 4. The van der Waals surface area contributed by atoms with Gasteiger partial charge in [0.25, 0.3) is 10.0 Å². The summed E-state index contributed by atoms with van der Waals surface area (Å²) in [6.07, 6.45) is 0. The molecule has 0 saturated heterocycles. The van der Waals surface area contributed by atoms with Gasteiger partial charge in [0.15, 0.2) is 0 Å². The van der Waals surface area contributed by atoms with Crippen LogP contribution < -0.4 is 9.62 Å². The summed E-state index contributed by atoms with van der Waals surface area (Å²) < 4.78 is 28.5. The molecule has 0 heterocycles. The summed E-state index contributed by atoms with van der Waals surface area (Å²) >= 11 is 6.12. The molecule has 0 aliphatic carbocycles. The number of nitrogens with one attached hydrogen (secondary N) is 1. The highest BCUT2D eigenvalue weighted by atomic mass is 35.5. The van der Waals surface area contributed by atoms with Crippen molar-refractivity contribution in [1.29, 1.82) is 0 Å². The van der Waals surface area contributed by atoms with Crippen LogP contribution >= 0.6 is 11.6 Å². The Morgan fingerprint density at radius 3 is 2.19 bits per heavy atom. The molecule has 0 radical (unpaired) electrons. The monoisotopic (exact) mass is 527 g/mol. The number of amides is 2. The Morgan fingerprint density at radius 1 is 0.972 bits per heavy atom. The van der Waals surface area contributed by atoms with Crippen molar-refractivity contribution in [1.82, 2.24) is 10.2 Å². The number of carbonyl (C=O) groups excluding carboxylic acids is 2. The van der Waals surface area contributed by atoms with Gasteiger partial charge in [-0.2, -0.15) is 0 Å². The molecule has 9 heteroatoms. The second-order valence-electron chi connectivity index (χ2n) is 8.55. The minimum absolute atomic E-state index is 0.0524. The SMILES string of the molecule is CNC(=O)[C@H](C)N(Cc1ccc(C)cc1)C(=O)CN(c1ccc(Cl)cc1C)S(=O)(=O)c1ccccc1. The summed E-state index contributed by atoms with van der Waals surface area (Å²) in [5.41, 5.74) is 2.82. The van der Waals surface area contributed by atoms with Gasteiger partial charge in [-0.15, -0.1) is 0 Å². The van der Waals surface area contributed by atoms with E-state index in [1.807, 2.05) is 31.2 Å². The van der Waals surface area contributed by atoms with Crippen molar-refractivity contribution >= 4 is 39.1 Å². The minimum Gasteiger partial charge on any atom is -0.357 e. The van der Waals surface area contributed by atoms with Crippen molar-refractivity contribution in [2.75, 3.05) is 17.9 Å². The smallest absolute Gasteiger partial charge is 0.264 e. The molecule has 0 spiro atoms. The highest BCUT2D eigenvalue weighted by Gasteiger charge is 2.32. The largest absolute Gasteiger partial charge is 0.357 e. The number of sulfonamides is 1. The molecule has 0 aromatic heterocycles. The predicted molar refractivity (Wildman–Crippen MR) is 142 cm³/mol. The lowest BCUT2D eigenvalue weighted by molar-refractivity contribution is -0.139. The first-order valence-electron chi connectivity index (χ1n) is 11.4. The molecule has 36 heavy (non-hydrogen) atoms. The van der Waals surface area contributed by atoms with E-state index >= 15 is 0 Å². The van der Waals surface area contributed by atoms with Crippen LogP contribution in [0.4, 0.5) is 5.69 Å². The first kappa shape index (κ1) is 27.2. The molecule has 3 rings (SSSR count). The van der Waals surface area contributed by atoms with Crippen molar-refractivity contribution in [3.63, 3.8) is 0 Å². The molecule has 0 unspecified atom stereocenters. The molecule has 0 bridgehead atoms. The van der Waals surface area contributed by atoms with Crippen LogP contribution in [0.5, 0.6) is 0 Å². The maximum absolute atomic E-state index is 13.7. The normalized spacial score (nSPS) is 12.0. The quantitative estimate of drug-likeness (QED) is 0.449. The summed E-state index contributed by atoms with van der Waals surface area (Å²) in [7, 11) is -2.61. The average molecular weight is 528 g/mol. The number of likely N-dealkylation sites (N-methyl/N-ethyl adjacent to an activating group) is 1. The van der Waals surface area contributed by atoms with Crippen LogP contribution in [0.2, 0.25) is 5.02 Å². The van der Waals surface area contributed by atoms with Crippen molar-refractivity contribution in [3.8, 4) is 0 Å². The van der Waals surface area contributed by atoms with Crippen LogP contribution in [0.15, 0.2) is 77.7 Å². The van der Waals surface area contributed by atoms with Crippen LogP contribution in [-0.4, -0.2) is 44.8 Å². The lowest BCUT2D eigenvalue weighted by Gasteiger charge is -2.32. The van der Waals surface area contributed by atoms with E-state index in [2.05, 4.69) is 5.32 Å². The zero-order valence-corrected chi connectivity index (χ0v) is 22.3. The van der Waals surface area contributed by atoms with Gasteiger partial charge in [-0.1, -0.05) is 59.6 Å². The summed E-state index contributed by atoms with van der Waals surface area (Å²) in [4.78, 5) is 27.7. The number of rotatable bonds is 9. The van der Waals surface area contributed by atoms with Gasteiger partial charge in [0.1, 0.15) is 12.6 Å². The van der Waals surface area contributed by atoms with Gasteiger partial charge in [-0.25, -0.2) is 8.42 Å². The summed E-state index contributed by atoms with van der Waals surface area (Å²) in [6, 6.07) is 19.5. The molecule has 0 aliphatic heterocycles. The number of carbonyl (C=O) groups is 2. The maximum atomic E-state index is 13.7. The second-order valence-corrected chi connectivity index (χ2v) is 10.9. The Hall–Kier alpha value is -3.36. The lowest BCUT2D eigenvalue weighted by Crippen LogP contribution is -2.50. The molecule has 0 fully saturated rings.